The number of pyridine rings is 1. The first kappa shape index (κ1) is 10.4. The van der Waals surface area contributed by atoms with E-state index in [9.17, 15) is 4.39 Å². The zero-order chi connectivity index (χ0) is 10.8. The standard InChI is InChI=1S/C11H15FN2O/c1-3-9-7-14(2)6-8-4-13-5-10(12)11(8)15-9/h4-5,9H,3,6-7H2,1-2H3/t9-/m1/s1. The summed E-state index contributed by atoms with van der Waals surface area (Å²) < 4.78 is 19.1. The van der Waals surface area contributed by atoms with E-state index in [1.807, 2.05) is 14.0 Å². The molecule has 4 heteroatoms. The molecule has 0 unspecified atom stereocenters. The number of rotatable bonds is 1. The summed E-state index contributed by atoms with van der Waals surface area (Å²) in [5.74, 6) is 0.0162. The van der Waals surface area contributed by atoms with Crippen molar-refractivity contribution < 1.29 is 9.13 Å². The number of fused-ring (bicyclic) bond motifs is 1. The molecule has 3 nitrogen and oxygen atoms in total. The summed E-state index contributed by atoms with van der Waals surface area (Å²) in [5.41, 5.74) is 0.827. The molecule has 82 valence electrons. The number of hydrogen-bond donors (Lipinski definition) is 0. The molecule has 1 atom stereocenters. The number of halogens is 1. The van der Waals surface area contributed by atoms with Crippen molar-refractivity contribution in [2.75, 3.05) is 13.6 Å². The van der Waals surface area contributed by atoms with Gasteiger partial charge < -0.3 is 4.74 Å². The molecule has 0 radical (unpaired) electrons. The molecule has 15 heavy (non-hydrogen) atoms. The summed E-state index contributed by atoms with van der Waals surface area (Å²) in [6.07, 6.45) is 3.82. The first-order chi connectivity index (χ1) is 7.20. The van der Waals surface area contributed by atoms with Crippen LogP contribution in [0.3, 0.4) is 0 Å². The average Bonchev–Trinajstić information content (AvgIpc) is 2.37. The van der Waals surface area contributed by atoms with E-state index in [0.29, 0.717) is 12.3 Å². The van der Waals surface area contributed by atoms with Gasteiger partial charge >= 0.3 is 0 Å². The van der Waals surface area contributed by atoms with Gasteiger partial charge in [-0.3, -0.25) is 9.88 Å². The van der Waals surface area contributed by atoms with E-state index in [1.54, 1.807) is 6.20 Å². The largest absolute Gasteiger partial charge is 0.486 e. The topological polar surface area (TPSA) is 25.4 Å². The highest BCUT2D eigenvalue weighted by molar-refractivity contribution is 5.32. The lowest BCUT2D eigenvalue weighted by atomic mass is 10.2. The summed E-state index contributed by atoms with van der Waals surface area (Å²) >= 11 is 0. The number of nitrogens with zero attached hydrogens (tertiary/aromatic N) is 2. The summed E-state index contributed by atoms with van der Waals surface area (Å²) in [7, 11) is 2.01. The van der Waals surface area contributed by atoms with Gasteiger partial charge in [-0.05, 0) is 13.5 Å². The Kier molecular flexibility index (Phi) is 2.86. The van der Waals surface area contributed by atoms with Gasteiger partial charge in [-0.1, -0.05) is 6.92 Å². The molecule has 1 aliphatic heterocycles. The Hall–Kier alpha value is -1.16. The van der Waals surface area contributed by atoms with Gasteiger partial charge in [0.1, 0.15) is 6.10 Å². The molecule has 0 bridgehead atoms. The first-order valence-electron chi connectivity index (χ1n) is 5.18. The van der Waals surface area contributed by atoms with Crippen molar-refractivity contribution in [2.24, 2.45) is 0 Å². The molecule has 0 N–H and O–H groups in total. The van der Waals surface area contributed by atoms with Crippen molar-refractivity contribution in [3.63, 3.8) is 0 Å². The number of ether oxygens (including phenoxy) is 1. The van der Waals surface area contributed by atoms with Crippen molar-refractivity contribution in [3.05, 3.63) is 23.8 Å². The highest BCUT2D eigenvalue weighted by Gasteiger charge is 2.22. The third-order valence-corrected chi connectivity index (χ3v) is 2.62. The zero-order valence-corrected chi connectivity index (χ0v) is 9.03. The average molecular weight is 210 g/mol. The molecule has 1 aromatic rings. The van der Waals surface area contributed by atoms with Crippen LogP contribution in [0.1, 0.15) is 18.9 Å². The Morgan fingerprint density at radius 3 is 3.13 bits per heavy atom. The molecule has 0 amide bonds. The summed E-state index contributed by atoms with van der Waals surface area (Å²) in [4.78, 5) is 5.97. The molecular weight excluding hydrogens is 195 g/mol. The van der Waals surface area contributed by atoms with Crippen LogP contribution in [0.25, 0.3) is 0 Å². The second-order valence-corrected chi connectivity index (χ2v) is 3.95. The Morgan fingerprint density at radius 1 is 1.60 bits per heavy atom. The fourth-order valence-corrected chi connectivity index (χ4v) is 1.83. The molecule has 1 aliphatic rings. The fraction of sp³-hybridized carbons (Fsp3) is 0.545. The SMILES string of the molecule is CC[C@@H]1CN(C)Cc2cncc(F)c2O1. The Balaban J connectivity index is 2.36. The third-order valence-electron chi connectivity index (χ3n) is 2.62. The Bertz CT molecular complexity index is 356. The smallest absolute Gasteiger partial charge is 0.183 e. The van der Waals surface area contributed by atoms with Crippen molar-refractivity contribution >= 4 is 0 Å². The van der Waals surface area contributed by atoms with Crippen LogP contribution < -0.4 is 4.74 Å². The molecule has 1 aromatic heterocycles. The normalized spacial score (nSPS) is 21.7. The van der Waals surface area contributed by atoms with Crippen LogP contribution in [0.5, 0.6) is 5.75 Å². The minimum Gasteiger partial charge on any atom is -0.486 e. The molecule has 0 aromatic carbocycles. The molecule has 0 saturated carbocycles. The molecule has 0 spiro atoms. The van der Waals surface area contributed by atoms with Crippen molar-refractivity contribution in [1.82, 2.24) is 9.88 Å². The highest BCUT2D eigenvalue weighted by Crippen LogP contribution is 2.27. The van der Waals surface area contributed by atoms with Crippen LogP contribution in [-0.2, 0) is 6.54 Å². The van der Waals surface area contributed by atoms with E-state index in [-0.39, 0.29) is 11.9 Å². The minimum atomic E-state index is -0.360. The maximum atomic E-state index is 13.5. The molecule has 0 fully saturated rings. The van der Waals surface area contributed by atoms with Crippen LogP contribution in [0.15, 0.2) is 12.4 Å². The van der Waals surface area contributed by atoms with Gasteiger partial charge in [-0.15, -0.1) is 0 Å². The minimum absolute atomic E-state index is 0.0631. The fourth-order valence-electron chi connectivity index (χ4n) is 1.83. The van der Waals surface area contributed by atoms with E-state index in [4.69, 9.17) is 4.74 Å². The van der Waals surface area contributed by atoms with Crippen molar-refractivity contribution in [2.45, 2.75) is 26.0 Å². The molecule has 0 saturated heterocycles. The molecule has 2 rings (SSSR count). The predicted molar refractivity (Wildman–Crippen MR) is 55.2 cm³/mol. The van der Waals surface area contributed by atoms with Crippen molar-refractivity contribution in [1.29, 1.82) is 0 Å². The monoisotopic (exact) mass is 210 g/mol. The molecule has 0 aliphatic carbocycles. The van der Waals surface area contributed by atoms with Crippen LogP contribution >= 0.6 is 0 Å². The van der Waals surface area contributed by atoms with Gasteiger partial charge in [0, 0.05) is 24.8 Å². The van der Waals surface area contributed by atoms with E-state index < -0.39 is 0 Å². The first-order valence-corrected chi connectivity index (χ1v) is 5.18. The number of likely N-dealkylation sites (N-methyl/N-ethyl adjacent to an activating group) is 1. The van der Waals surface area contributed by atoms with E-state index in [1.165, 1.54) is 6.20 Å². The second-order valence-electron chi connectivity index (χ2n) is 3.95. The number of aromatic nitrogens is 1. The lowest BCUT2D eigenvalue weighted by Crippen LogP contribution is -2.29. The van der Waals surface area contributed by atoms with Gasteiger partial charge in [0.15, 0.2) is 11.6 Å². The van der Waals surface area contributed by atoms with Gasteiger partial charge in [-0.25, -0.2) is 4.39 Å². The van der Waals surface area contributed by atoms with Crippen LogP contribution in [0.2, 0.25) is 0 Å². The maximum absolute atomic E-state index is 13.5. The summed E-state index contributed by atoms with van der Waals surface area (Å²) in [5, 5.41) is 0. The van der Waals surface area contributed by atoms with E-state index >= 15 is 0 Å². The second kappa shape index (κ2) is 4.14. The van der Waals surface area contributed by atoms with Crippen LogP contribution in [0.4, 0.5) is 4.39 Å². The van der Waals surface area contributed by atoms with Crippen LogP contribution in [-0.4, -0.2) is 29.6 Å². The van der Waals surface area contributed by atoms with Gasteiger partial charge in [-0.2, -0.15) is 0 Å². The van der Waals surface area contributed by atoms with Gasteiger partial charge in [0.2, 0.25) is 0 Å². The summed E-state index contributed by atoms with van der Waals surface area (Å²) in [6, 6.07) is 0. The highest BCUT2D eigenvalue weighted by atomic mass is 19.1. The summed E-state index contributed by atoms with van der Waals surface area (Å²) in [6.45, 7) is 3.56. The molecular formula is C11H15FN2O. The van der Waals surface area contributed by atoms with Gasteiger partial charge in [0.05, 0.1) is 6.20 Å². The van der Waals surface area contributed by atoms with Crippen molar-refractivity contribution in [3.8, 4) is 5.75 Å². The quantitative estimate of drug-likeness (QED) is 0.707. The molecule has 2 heterocycles. The zero-order valence-electron chi connectivity index (χ0n) is 9.03. The van der Waals surface area contributed by atoms with Crippen LogP contribution in [0, 0.1) is 5.82 Å². The lowest BCUT2D eigenvalue weighted by molar-refractivity contribution is 0.154. The Morgan fingerprint density at radius 2 is 2.40 bits per heavy atom. The predicted octanol–water partition coefficient (Wildman–Crippen LogP) is 1.82. The maximum Gasteiger partial charge on any atom is 0.183 e. The number of hydrogen-bond acceptors (Lipinski definition) is 3. The Labute approximate surface area is 88.9 Å². The third kappa shape index (κ3) is 2.09. The van der Waals surface area contributed by atoms with Gasteiger partial charge in [0.25, 0.3) is 0 Å². The van der Waals surface area contributed by atoms with E-state index in [0.717, 1.165) is 18.5 Å². The lowest BCUT2D eigenvalue weighted by Gasteiger charge is -2.18. The van der Waals surface area contributed by atoms with E-state index in [2.05, 4.69) is 9.88 Å².